The molecule has 0 spiro atoms. The highest BCUT2D eigenvalue weighted by Gasteiger charge is 2.43. The first-order chi connectivity index (χ1) is 20.5. The minimum Gasteiger partial charge on any atom is -0.394 e. The molecule has 4 aromatic heterocycles. The van der Waals surface area contributed by atoms with Crippen molar-refractivity contribution in [3.8, 4) is 0 Å². The van der Waals surface area contributed by atoms with Gasteiger partial charge < -0.3 is 44.5 Å². The summed E-state index contributed by atoms with van der Waals surface area (Å²) in [5.41, 5.74) is 12.1. The number of nitrogens with zero attached hydrogens (tertiary/aromatic N) is 7. The zero-order chi connectivity index (χ0) is 30.5. The average Bonchev–Trinajstić information content (AvgIpc) is 3.72. The molecular formula is C20H26N10O8P2S3. The van der Waals surface area contributed by atoms with Crippen molar-refractivity contribution in [2.75, 3.05) is 24.7 Å². The van der Waals surface area contributed by atoms with Gasteiger partial charge in [-0.3, -0.25) is 18.9 Å². The van der Waals surface area contributed by atoms with E-state index < -0.39 is 55.3 Å². The number of aliphatic hydroxyl groups is 1. The lowest BCUT2D eigenvalue weighted by atomic mass is 10.2. The number of rotatable bonds is 10. The Hall–Kier alpha value is -2.13. The Balaban J connectivity index is 1.18. The first-order valence-electron chi connectivity index (χ1n) is 12.7. The molecule has 7 N–H and O–H groups in total. The van der Waals surface area contributed by atoms with Crippen molar-refractivity contribution in [2.24, 2.45) is 0 Å². The van der Waals surface area contributed by atoms with E-state index in [0.717, 1.165) is 0 Å². The number of aromatic amines is 1. The second-order valence-electron chi connectivity index (χ2n) is 9.62. The Labute approximate surface area is 258 Å². The van der Waals surface area contributed by atoms with Gasteiger partial charge in [-0.2, -0.15) is 4.98 Å². The van der Waals surface area contributed by atoms with Crippen molar-refractivity contribution in [2.45, 2.75) is 49.7 Å². The number of aliphatic hydroxyl groups excluding tert-OH is 1. The number of thiol groups is 1. The Morgan fingerprint density at radius 3 is 2.67 bits per heavy atom. The lowest BCUT2D eigenvalue weighted by molar-refractivity contribution is -0.0525. The number of ether oxygens (including phenoxy) is 2. The van der Waals surface area contributed by atoms with Gasteiger partial charge in [0.25, 0.3) is 5.56 Å². The normalized spacial score (nSPS) is 28.1. The number of hydrogen-bond donors (Lipinski definition) is 6. The molecule has 0 saturated carbocycles. The lowest BCUT2D eigenvalue weighted by Crippen LogP contribution is -2.28. The van der Waals surface area contributed by atoms with Crippen molar-refractivity contribution >= 4 is 82.8 Å². The summed E-state index contributed by atoms with van der Waals surface area (Å²) in [5.74, 6) is 0.103. The molecule has 232 valence electrons. The molecule has 8 atom stereocenters. The zero-order valence-electron chi connectivity index (χ0n) is 21.9. The predicted octanol–water partition coefficient (Wildman–Crippen LogP) is 0.131. The van der Waals surface area contributed by atoms with Crippen LogP contribution in [0.5, 0.6) is 0 Å². The number of nitrogen functional groups attached to an aromatic ring is 2. The minimum absolute atomic E-state index is 0.0225. The van der Waals surface area contributed by atoms with Crippen molar-refractivity contribution in [3.63, 3.8) is 0 Å². The molecule has 0 aliphatic carbocycles. The van der Waals surface area contributed by atoms with Crippen LogP contribution < -0.4 is 17.0 Å². The van der Waals surface area contributed by atoms with Crippen LogP contribution in [-0.4, -0.2) is 86.7 Å². The number of aromatic nitrogens is 8. The molecule has 0 amide bonds. The van der Waals surface area contributed by atoms with Gasteiger partial charge in [-0.25, -0.2) is 19.9 Å². The van der Waals surface area contributed by atoms with Crippen molar-refractivity contribution in [1.82, 2.24) is 39.0 Å². The summed E-state index contributed by atoms with van der Waals surface area (Å²) in [6, 6.07) is 0. The smallest absolute Gasteiger partial charge is 0.325 e. The quantitative estimate of drug-likeness (QED) is 0.0955. The van der Waals surface area contributed by atoms with E-state index in [9.17, 15) is 14.8 Å². The standard InChI is InChI=1S/C20H26N10O8P2S3/c21-15-13-16(24-5-23-15)29(6-25-13)12-2-9(37-39(41)42)11(36-12)4-34-40(33,43)38-10-1-8(3-31)35-19(10)30-7-26-14-17(30)27-20(22)28-18(14)32/h5-12,19,31,39H,1-4H2,(H,33,43)(H,41,42)(H2,21,23,24)(H3,22,27,28,32)/t8-,9-,10+,11+,12+,19+,40?/m0/s1. The Morgan fingerprint density at radius 1 is 1.14 bits per heavy atom. The maximum atomic E-state index is 12.3. The third-order valence-corrected chi connectivity index (χ3v) is 9.57. The van der Waals surface area contributed by atoms with Crippen LogP contribution in [0, 0.1) is 0 Å². The van der Waals surface area contributed by atoms with Gasteiger partial charge in [0.05, 0.1) is 38.1 Å². The number of imidazole rings is 2. The minimum atomic E-state index is -3.94. The molecule has 2 aliphatic heterocycles. The zero-order valence-corrected chi connectivity index (χ0v) is 26.3. The fourth-order valence-electron chi connectivity index (χ4n) is 5.03. The van der Waals surface area contributed by atoms with Crippen molar-refractivity contribution < 1.29 is 33.0 Å². The van der Waals surface area contributed by atoms with Gasteiger partial charge in [0.1, 0.15) is 36.4 Å². The lowest BCUT2D eigenvalue weighted by Gasteiger charge is -2.26. The molecule has 0 aromatic carbocycles. The van der Waals surface area contributed by atoms with Gasteiger partial charge in [-0.05, 0) is 11.8 Å². The van der Waals surface area contributed by atoms with Crippen LogP contribution >= 0.6 is 25.1 Å². The molecule has 23 heteroatoms. The Morgan fingerprint density at radius 2 is 1.91 bits per heavy atom. The van der Waals surface area contributed by atoms with Gasteiger partial charge in [0.2, 0.25) is 5.95 Å². The molecule has 2 saturated heterocycles. The number of H-pyrrole nitrogens is 1. The van der Waals surface area contributed by atoms with Crippen LogP contribution in [0.4, 0.5) is 11.8 Å². The summed E-state index contributed by atoms with van der Waals surface area (Å²) in [5, 5.41) is 9.76. The molecule has 0 radical (unpaired) electrons. The molecule has 2 fully saturated rings. The summed E-state index contributed by atoms with van der Waals surface area (Å²) in [6.45, 7) is -4.48. The highest BCUT2D eigenvalue weighted by molar-refractivity contribution is 8.54. The number of nitrogens with one attached hydrogen (secondary N) is 1. The second-order valence-corrected chi connectivity index (χ2v) is 16.4. The van der Waals surface area contributed by atoms with E-state index >= 15 is 0 Å². The third-order valence-electron chi connectivity index (χ3n) is 6.87. The maximum Gasteiger partial charge on any atom is 0.325 e. The predicted molar refractivity (Wildman–Crippen MR) is 163 cm³/mol. The molecule has 0 bridgehead atoms. The highest BCUT2D eigenvalue weighted by atomic mass is 32.9. The fourth-order valence-corrected chi connectivity index (χ4v) is 7.75. The second kappa shape index (κ2) is 12.3. The van der Waals surface area contributed by atoms with Crippen molar-refractivity contribution in [3.05, 3.63) is 29.3 Å². The van der Waals surface area contributed by atoms with Crippen LogP contribution in [0.2, 0.25) is 0 Å². The summed E-state index contributed by atoms with van der Waals surface area (Å²) in [6.07, 6.45) is -1.53. The molecule has 4 aromatic rings. The monoisotopic (exact) mass is 692 g/mol. The maximum absolute atomic E-state index is 12.3. The molecule has 43 heavy (non-hydrogen) atoms. The van der Waals surface area contributed by atoms with E-state index in [1.54, 1.807) is 4.57 Å². The van der Waals surface area contributed by atoms with Gasteiger partial charge in [-0.1, -0.05) is 11.8 Å². The summed E-state index contributed by atoms with van der Waals surface area (Å²) < 4.78 is 32.7. The Kier molecular flexibility index (Phi) is 8.86. The van der Waals surface area contributed by atoms with Gasteiger partial charge in [-0.15, -0.1) is 12.2 Å². The van der Waals surface area contributed by atoms with Crippen molar-refractivity contribution in [1.29, 1.82) is 0 Å². The van der Waals surface area contributed by atoms with Crippen LogP contribution in [0.25, 0.3) is 22.3 Å². The molecule has 18 nitrogen and oxygen atoms in total. The van der Waals surface area contributed by atoms with E-state index in [2.05, 4.69) is 42.2 Å². The van der Waals surface area contributed by atoms with E-state index in [4.69, 9.17) is 58.1 Å². The summed E-state index contributed by atoms with van der Waals surface area (Å²) >= 11 is 14.8. The topological polar surface area (TPSA) is 246 Å². The van der Waals surface area contributed by atoms with Gasteiger partial charge in [0, 0.05) is 12.8 Å². The van der Waals surface area contributed by atoms with Crippen LogP contribution in [-0.2, 0) is 46.7 Å². The van der Waals surface area contributed by atoms with Crippen LogP contribution in [0.1, 0.15) is 25.3 Å². The number of fused-ring (bicyclic) bond motifs is 2. The molecular weight excluding hydrogens is 666 g/mol. The third kappa shape index (κ3) is 6.35. The summed E-state index contributed by atoms with van der Waals surface area (Å²) in [4.78, 5) is 46.4. The molecule has 2 aliphatic rings. The Bertz CT molecular complexity index is 1790. The first kappa shape index (κ1) is 30.9. The number of nitrogens with two attached hydrogens (primary N) is 2. The van der Waals surface area contributed by atoms with E-state index in [1.165, 1.54) is 23.5 Å². The van der Waals surface area contributed by atoms with Crippen LogP contribution in [0.3, 0.4) is 0 Å². The van der Waals surface area contributed by atoms with Crippen LogP contribution in [0.15, 0.2) is 23.8 Å². The first-order valence-corrected chi connectivity index (χ1v) is 19.1. The van der Waals surface area contributed by atoms with Gasteiger partial charge >= 0.3 is 6.72 Å². The molecule has 2 unspecified atom stereocenters. The highest BCUT2D eigenvalue weighted by Crippen LogP contribution is 2.50. The van der Waals surface area contributed by atoms with E-state index in [-0.39, 0.29) is 42.6 Å². The number of anilines is 2. The largest absolute Gasteiger partial charge is 0.394 e. The average molecular weight is 693 g/mol. The molecule has 6 rings (SSSR count). The number of hydrogen-bond acceptors (Lipinski definition) is 16. The SMILES string of the molecule is Nc1nc2c(ncn2[C@@H]2O[C@H](CO)C[C@H]2OP(O)(=S)OC[C@H]2O[C@@H](n3cnc4c(N)ncnc43)C[C@@H]2O[PH](=S)S)c(=O)[nH]1. The van der Waals surface area contributed by atoms with E-state index in [0.29, 0.717) is 17.6 Å². The van der Waals surface area contributed by atoms with Gasteiger partial charge in [0.15, 0.2) is 28.9 Å². The fraction of sp³-hybridized carbons (Fsp3) is 0.500. The summed E-state index contributed by atoms with van der Waals surface area (Å²) in [7, 11) is 0. The molecule has 6 heterocycles. The van der Waals surface area contributed by atoms with E-state index in [1.807, 2.05) is 0 Å².